The van der Waals surface area contributed by atoms with Gasteiger partial charge in [0.15, 0.2) is 0 Å². The zero-order valence-electron chi connectivity index (χ0n) is 15.0. The van der Waals surface area contributed by atoms with Crippen molar-refractivity contribution in [2.45, 2.75) is 11.8 Å². The second-order valence-corrected chi connectivity index (χ2v) is 7.13. The molecule has 0 bridgehead atoms. The Bertz CT molecular complexity index is 1040. The Balaban J connectivity index is 2.46. The quantitative estimate of drug-likeness (QED) is 0.703. The molecule has 0 aliphatic rings. The predicted octanol–water partition coefficient (Wildman–Crippen LogP) is 2.52. The monoisotopic (exact) mass is 414 g/mol. The smallest absolute Gasteiger partial charge is 0.340 e. The van der Waals surface area contributed by atoms with Crippen molar-refractivity contribution in [1.29, 1.82) is 0 Å². The number of nitrogens with one attached hydrogen (secondary N) is 2. The number of hydrogen-bond donors (Lipinski definition) is 2. The van der Waals surface area contributed by atoms with Gasteiger partial charge in [-0.3, -0.25) is 9.52 Å². The number of rotatable bonds is 6. The van der Waals surface area contributed by atoms with Crippen LogP contribution in [-0.4, -0.2) is 34.5 Å². The van der Waals surface area contributed by atoms with Gasteiger partial charge in [0.05, 0.1) is 36.1 Å². The molecule has 0 fully saturated rings. The third-order valence-corrected chi connectivity index (χ3v) is 4.86. The number of halogens is 2. The number of carbonyl (C=O) groups excluding carboxylic acids is 2. The minimum Gasteiger partial charge on any atom is -0.495 e. The zero-order valence-corrected chi connectivity index (χ0v) is 15.8. The summed E-state index contributed by atoms with van der Waals surface area (Å²) < 4.78 is 64.2. The fourth-order valence-electron chi connectivity index (χ4n) is 2.24. The van der Waals surface area contributed by atoms with Crippen molar-refractivity contribution in [2.24, 2.45) is 0 Å². The topological polar surface area (TPSA) is 111 Å². The van der Waals surface area contributed by atoms with Crippen molar-refractivity contribution < 1.29 is 36.3 Å². The molecule has 2 N–H and O–H groups in total. The summed E-state index contributed by atoms with van der Waals surface area (Å²) in [4.78, 5) is 22.5. The molecule has 0 saturated heterocycles. The van der Waals surface area contributed by atoms with Crippen LogP contribution in [0.3, 0.4) is 0 Å². The maximum atomic E-state index is 14.0. The maximum Gasteiger partial charge on any atom is 0.340 e. The van der Waals surface area contributed by atoms with Gasteiger partial charge < -0.3 is 14.8 Å². The molecule has 0 unspecified atom stereocenters. The van der Waals surface area contributed by atoms with Gasteiger partial charge in [-0.15, -0.1) is 0 Å². The van der Waals surface area contributed by atoms with E-state index in [0.29, 0.717) is 12.1 Å². The molecule has 28 heavy (non-hydrogen) atoms. The fourth-order valence-corrected chi connectivity index (χ4v) is 3.32. The van der Waals surface area contributed by atoms with Gasteiger partial charge in [0.25, 0.3) is 10.0 Å². The lowest BCUT2D eigenvalue weighted by molar-refractivity contribution is -0.114. The Morgan fingerprint density at radius 3 is 2.25 bits per heavy atom. The third-order valence-electron chi connectivity index (χ3n) is 3.50. The highest BCUT2D eigenvalue weighted by atomic mass is 32.2. The first-order chi connectivity index (χ1) is 13.1. The lowest BCUT2D eigenvalue weighted by Gasteiger charge is -2.13. The van der Waals surface area contributed by atoms with Crippen LogP contribution in [0.15, 0.2) is 35.2 Å². The lowest BCUT2D eigenvalue weighted by Crippen LogP contribution is -2.16. The lowest BCUT2D eigenvalue weighted by atomic mass is 10.2. The van der Waals surface area contributed by atoms with E-state index >= 15 is 0 Å². The van der Waals surface area contributed by atoms with Gasteiger partial charge in [0.1, 0.15) is 17.4 Å². The number of esters is 1. The van der Waals surface area contributed by atoms with Gasteiger partial charge in [-0.2, -0.15) is 0 Å². The van der Waals surface area contributed by atoms with Gasteiger partial charge in [-0.25, -0.2) is 22.0 Å². The van der Waals surface area contributed by atoms with Crippen molar-refractivity contribution in [3.63, 3.8) is 0 Å². The average molecular weight is 414 g/mol. The number of carbonyl (C=O) groups is 2. The number of sulfonamides is 1. The standard InChI is InChI=1S/C17H16F2N2O6S/c1-9(22)20-15-6-10(4-5-16(15)26-2)28(24,25)21-14-7-11(17(23)27-3)12(18)8-13(14)19/h4-8,21H,1-3H3,(H,20,22). The predicted molar refractivity (Wildman–Crippen MR) is 95.8 cm³/mol. The molecule has 0 saturated carbocycles. The van der Waals surface area contributed by atoms with Gasteiger partial charge in [-0.1, -0.05) is 0 Å². The molecule has 8 nitrogen and oxygen atoms in total. The van der Waals surface area contributed by atoms with Gasteiger partial charge in [0.2, 0.25) is 5.91 Å². The summed E-state index contributed by atoms with van der Waals surface area (Å²) in [5, 5.41) is 2.41. The van der Waals surface area contributed by atoms with Crippen LogP contribution in [0.4, 0.5) is 20.2 Å². The maximum absolute atomic E-state index is 14.0. The van der Waals surface area contributed by atoms with Crippen molar-refractivity contribution >= 4 is 33.3 Å². The first-order valence-electron chi connectivity index (χ1n) is 7.65. The van der Waals surface area contributed by atoms with E-state index < -0.39 is 44.8 Å². The minimum atomic E-state index is -4.35. The number of anilines is 2. The average Bonchev–Trinajstić information content (AvgIpc) is 2.62. The van der Waals surface area contributed by atoms with E-state index in [1.807, 2.05) is 4.72 Å². The van der Waals surface area contributed by atoms with E-state index in [2.05, 4.69) is 10.1 Å². The van der Waals surface area contributed by atoms with Crippen LogP contribution in [0, 0.1) is 11.6 Å². The van der Waals surface area contributed by atoms with Crippen LogP contribution < -0.4 is 14.8 Å². The Labute approximate surface area is 159 Å². The molecule has 0 aromatic heterocycles. The van der Waals surface area contributed by atoms with Crippen molar-refractivity contribution in [3.8, 4) is 5.75 Å². The third kappa shape index (κ3) is 4.55. The van der Waals surface area contributed by atoms with E-state index in [1.54, 1.807) is 0 Å². The summed E-state index contributed by atoms with van der Waals surface area (Å²) in [6.45, 7) is 1.22. The molecule has 2 rings (SSSR count). The van der Waals surface area contributed by atoms with Crippen LogP contribution in [0.25, 0.3) is 0 Å². The SMILES string of the molecule is COC(=O)c1cc(NS(=O)(=O)c2ccc(OC)c(NC(C)=O)c2)c(F)cc1F. The first-order valence-corrected chi connectivity index (χ1v) is 9.13. The molecular formula is C17H16F2N2O6S. The normalized spacial score (nSPS) is 10.9. The summed E-state index contributed by atoms with van der Waals surface area (Å²) in [6.07, 6.45) is 0. The summed E-state index contributed by atoms with van der Waals surface area (Å²) >= 11 is 0. The molecule has 150 valence electrons. The molecule has 0 spiro atoms. The molecular weight excluding hydrogens is 398 g/mol. The summed E-state index contributed by atoms with van der Waals surface area (Å²) in [7, 11) is -2.03. The van der Waals surface area contributed by atoms with Crippen LogP contribution in [0.2, 0.25) is 0 Å². The van der Waals surface area contributed by atoms with Crippen molar-refractivity contribution in [3.05, 3.63) is 47.5 Å². The van der Waals surface area contributed by atoms with E-state index in [4.69, 9.17) is 4.74 Å². The summed E-state index contributed by atoms with van der Waals surface area (Å²) in [5.74, 6) is -3.80. The van der Waals surface area contributed by atoms with Crippen molar-refractivity contribution in [2.75, 3.05) is 24.3 Å². The largest absolute Gasteiger partial charge is 0.495 e. The molecule has 0 aliphatic carbocycles. The van der Waals surface area contributed by atoms with Gasteiger partial charge >= 0.3 is 5.97 Å². The second kappa shape index (κ2) is 8.21. The second-order valence-electron chi connectivity index (χ2n) is 5.45. The van der Waals surface area contributed by atoms with E-state index in [9.17, 15) is 26.8 Å². The van der Waals surface area contributed by atoms with Crippen LogP contribution in [-0.2, 0) is 19.6 Å². The van der Waals surface area contributed by atoms with Crippen LogP contribution in [0.5, 0.6) is 5.75 Å². The van der Waals surface area contributed by atoms with E-state index in [-0.39, 0.29) is 16.3 Å². The Morgan fingerprint density at radius 2 is 1.68 bits per heavy atom. The first kappa shape index (κ1) is 21.1. The highest BCUT2D eigenvalue weighted by molar-refractivity contribution is 7.92. The number of amides is 1. The van der Waals surface area contributed by atoms with Gasteiger partial charge in [0, 0.05) is 13.0 Å². The minimum absolute atomic E-state index is 0.0766. The molecule has 1 amide bonds. The molecule has 0 atom stereocenters. The van der Waals surface area contributed by atoms with E-state index in [1.165, 1.54) is 20.1 Å². The zero-order chi connectivity index (χ0) is 21.1. The van der Waals surface area contributed by atoms with Crippen molar-refractivity contribution in [1.82, 2.24) is 0 Å². The number of methoxy groups -OCH3 is 2. The molecule has 11 heteroatoms. The summed E-state index contributed by atoms with van der Waals surface area (Å²) in [6, 6.07) is 4.61. The Morgan fingerprint density at radius 1 is 1.00 bits per heavy atom. The molecule has 2 aromatic rings. The highest BCUT2D eigenvalue weighted by Gasteiger charge is 2.22. The molecule has 0 aliphatic heterocycles. The Kier molecular flexibility index (Phi) is 6.19. The molecule has 0 radical (unpaired) electrons. The number of benzene rings is 2. The van der Waals surface area contributed by atoms with Crippen LogP contribution >= 0.6 is 0 Å². The molecule has 2 aromatic carbocycles. The van der Waals surface area contributed by atoms with E-state index in [0.717, 1.165) is 19.2 Å². The molecule has 0 heterocycles. The number of ether oxygens (including phenoxy) is 2. The van der Waals surface area contributed by atoms with Gasteiger partial charge in [-0.05, 0) is 24.3 Å². The van der Waals surface area contributed by atoms with Crippen LogP contribution in [0.1, 0.15) is 17.3 Å². The highest BCUT2D eigenvalue weighted by Crippen LogP contribution is 2.29. The fraction of sp³-hybridized carbons (Fsp3) is 0.176. The summed E-state index contributed by atoms with van der Waals surface area (Å²) in [5.41, 5.74) is -1.22. The number of hydrogen-bond acceptors (Lipinski definition) is 6. The Hall–Kier alpha value is -3.21.